The molecule has 4 rings (SSSR count). The Morgan fingerprint density at radius 2 is 2.04 bits per heavy atom. The van der Waals surface area contributed by atoms with Crippen molar-refractivity contribution >= 4 is 27.6 Å². The highest BCUT2D eigenvalue weighted by Gasteiger charge is 2.36. The van der Waals surface area contributed by atoms with Gasteiger partial charge in [0.15, 0.2) is 0 Å². The number of halogens is 1. The van der Waals surface area contributed by atoms with Crippen LogP contribution in [0.4, 0.5) is 5.69 Å². The van der Waals surface area contributed by atoms with Crippen LogP contribution in [0.1, 0.15) is 28.4 Å². The summed E-state index contributed by atoms with van der Waals surface area (Å²) in [6.07, 6.45) is 0.511. The minimum atomic E-state index is -0.278. The van der Waals surface area contributed by atoms with Gasteiger partial charge in [-0.1, -0.05) is 40.2 Å². The second-order valence-electron chi connectivity index (χ2n) is 6.12. The Bertz CT molecular complexity index is 750. The highest BCUT2D eigenvalue weighted by Crippen LogP contribution is 2.41. The van der Waals surface area contributed by atoms with E-state index < -0.39 is 0 Å². The number of carbonyl (C=O) groups excluding carboxylic acids is 1. The van der Waals surface area contributed by atoms with E-state index in [1.54, 1.807) is 12.1 Å². The number of esters is 1. The van der Waals surface area contributed by atoms with E-state index in [1.807, 2.05) is 30.3 Å². The maximum absolute atomic E-state index is 12.5. The standard InChI is InChI=1S/C19H18BrNO3/c20-14-6-7-16-17(10-14)21-8-9-23-12-15(21)11-18(16)24-19(22)13-4-2-1-3-5-13/h1-7,10,15,18H,8-9,11-12H2. The Hall–Kier alpha value is -1.85. The molecule has 1 fully saturated rings. The van der Waals surface area contributed by atoms with Crippen LogP contribution in [0, 0.1) is 0 Å². The van der Waals surface area contributed by atoms with E-state index in [0.717, 1.165) is 35.3 Å². The first-order chi connectivity index (χ1) is 11.7. The molecule has 124 valence electrons. The maximum Gasteiger partial charge on any atom is 0.338 e. The number of hydrogen-bond donors (Lipinski definition) is 0. The predicted molar refractivity (Wildman–Crippen MR) is 95.3 cm³/mol. The lowest BCUT2D eigenvalue weighted by atomic mass is 9.92. The molecular formula is C19H18BrNO3. The molecule has 0 aromatic heterocycles. The SMILES string of the molecule is O=C(OC1CC2COCCN2c2cc(Br)ccc21)c1ccccc1. The van der Waals surface area contributed by atoms with Crippen LogP contribution in [0.2, 0.25) is 0 Å². The minimum absolute atomic E-state index is 0.245. The van der Waals surface area contributed by atoms with E-state index in [4.69, 9.17) is 9.47 Å². The number of rotatable bonds is 2. The lowest BCUT2D eigenvalue weighted by Gasteiger charge is -2.44. The summed E-state index contributed by atoms with van der Waals surface area (Å²) in [4.78, 5) is 14.8. The molecule has 2 unspecified atom stereocenters. The zero-order valence-electron chi connectivity index (χ0n) is 13.2. The second-order valence-corrected chi connectivity index (χ2v) is 7.04. The van der Waals surface area contributed by atoms with E-state index in [0.29, 0.717) is 12.2 Å². The molecular weight excluding hydrogens is 370 g/mol. The third-order valence-corrected chi connectivity index (χ3v) is 5.11. The molecule has 2 aromatic carbocycles. The fourth-order valence-electron chi connectivity index (χ4n) is 3.46. The van der Waals surface area contributed by atoms with Gasteiger partial charge in [-0.2, -0.15) is 0 Å². The molecule has 0 aliphatic carbocycles. The summed E-state index contributed by atoms with van der Waals surface area (Å²) in [5.74, 6) is -0.278. The van der Waals surface area contributed by atoms with Gasteiger partial charge < -0.3 is 14.4 Å². The molecule has 0 spiro atoms. The number of benzene rings is 2. The fourth-order valence-corrected chi connectivity index (χ4v) is 3.81. The molecule has 4 nitrogen and oxygen atoms in total. The van der Waals surface area contributed by atoms with Crippen molar-refractivity contribution in [1.82, 2.24) is 0 Å². The van der Waals surface area contributed by atoms with E-state index >= 15 is 0 Å². The maximum atomic E-state index is 12.5. The summed E-state index contributed by atoms with van der Waals surface area (Å²) < 4.78 is 12.5. The van der Waals surface area contributed by atoms with Crippen LogP contribution >= 0.6 is 15.9 Å². The third kappa shape index (κ3) is 2.94. The van der Waals surface area contributed by atoms with Crippen molar-refractivity contribution in [3.8, 4) is 0 Å². The van der Waals surface area contributed by atoms with Crippen LogP contribution in [-0.2, 0) is 9.47 Å². The Kier molecular flexibility index (Phi) is 4.29. The van der Waals surface area contributed by atoms with Gasteiger partial charge in [-0.25, -0.2) is 4.79 Å². The first-order valence-electron chi connectivity index (χ1n) is 8.12. The Labute approximate surface area is 149 Å². The highest BCUT2D eigenvalue weighted by molar-refractivity contribution is 9.10. The average molecular weight is 388 g/mol. The van der Waals surface area contributed by atoms with Crippen molar-refractivity contribution in [3.63, 3.8) is 0 Å². The van der Waals surface area contributed by atoms with Crippen molar-refractivity contribution in [2.24, 2.45) is 0 Å². The molecule has 5 heteroatoms. The number of morpholine rings is 1. The van der Waals surface area contributed by atoms with Gasteiger partial charge in [-0.05, 0) is 24.3 Å². The van der Waals surface area contributed by atoms with Crippen LogP contribution in [0.3, 0.4) is 0 Å². The van der Waals surface area contributed by atoms with Crippen molar-refractivity contribution < 1.29 is 14.3 Å². The zero-order chi connectivity index (χ0) is 16.5. The van der Waals surface area contributed by atoms with Crippen LogP contribution in [0.5, 0.6) is 0 Å². The van der Waals surface area contributed by atoms with Gasteiger partial charge in [0.1, 0.15) is 6.10 Å². The molecule has 24 heavy (non-hydrogen) atoms. The quantitative estimate of drug-likeness (QED) is 0.731. The summed E-state index contributed by atoms with van der Waals surface area (Å²) in [5, 5.41) is 0. The monoisotopic (exact) mass is 387 g/mol. The molecule has 0 N–H and O–H groups in total. The Morgan fingerprint density at radius 1 is 1.21 bits per heavy atom. The number of carbonyl (C=O) groups is 1. The highest BCUT2D eigenvalue weighted by atomic mass is 79.9. The first-order valence-corrected chi connectivity index (χ1v) is 8.91. The zero-order valence-corrected chi connectivity index (χ0v) is 14.7. The van der Waals surface area contributed by atoms with Crippen molar-refractivity contribution in [1.29, 1.82) is 0 Å². The Morgan fingerprint density at radius 3 is 2.88 bits per heavy atom. The van der Waals surface area contributed by atoms with Crippen LogP contribution in [-0.4, -0.2) is 31.8 Å². The molecule has 0 saturated carbocycles. The number of hydrogen-bond acceptors (Lipinski definition) is 4. The van der Waals surface area contributed by atoms with Crippen LogP contribution < -0.4 is 4.90 Å². The van der Waals surface area contributed by atoms with Crippen LogP contribution in [0.25, 0.3) is 0 Å². The van der Waals surface area contributed by atoms with E-state index in [9.17, 15) is 4.79 Å². The average Bonchev–Trinajstić information content (AvgIpc) is 2.62. The van der Waals surface area contributed by atoms with Gasteiger partial charge in [0.2, 0.25) is 0 Å². The molecule has 2 heterocycles. The molecule has 2 atom stereocenters. The predicted octanol–water partition coefficient (Wildman–Crippen LogP) is 3.96. The summed E-state index contributed by atoms with van der Waals surface area (Å²) in [6.45, 7) is 2.27. The van der Waals surface area contributed by atoms with Gasteiger partial charge in [-0.3, -0.25) is 0 Å². The third-order valence-electron chi connectivity index (χ3n) is 4.62. The fraction of sp³-hybridized carbons (Fsp3) is 0.316. The first kappa shape index (κ1) is 15.7. The summed E-state index contributed by atoms with van der Waals surface area (Å²) in [6, 6.07) is 15.6. The minimum Gasteiger partial charge on any atom is -0.454 e. The summed E-state index contributed by atoms with van der Waals surface area (Å²) >= 11 is 3.55. The topological polar surface area (TPSA) is 38.8 Å². The number of nitrogens with zero attached hydrogens (tertiary/aromatic N) is 1. The number of fused-ring (bicyclic) bond motifs is 3. The summed E-state index contributed by atoms with van der Waals surface area (Å²) in [5.41, 5.74) is 2.79. The van der Waals surface area contributed by atoms with E-state index in [-0.39, 0.29) is 18.1 Å². The number of anilines is 1. The van der Waals surface area contributed by atoms with Gasteiger partial charge in [-0.15, -0.1) is 0 Å². The second kappa shape index (κ2) is 6.57. The molecule has 2 aliphatic rings. The largest absolute Gasteiger partial charge is 0.454 e. The van der Waals surface area contributed by atoms with E-state index in [1.165, 1.54) is 0 Å². The van der Waals surface area contributed by atoms with Crippen LogP contribution in [0.15, 0.2) is 53.0 Å². The number of ether oxygens (including phenoxy) is 2. The lowest BCUT2D eigenvalue weighted by Crippen LogP contribution is -2.49. The van der Waals surface area contributed by atoms with Gasteiger partial charge in [0.05, 0.1) is 24.8 Å². The lowest BCUT2D eigenvalue weighted by molar-refractivity contribution is 0.0146. The van der Waals surface area contributed by atoms with Crippen molar-refractivity contribution in [3.05, 3.63) is 64.1 Å². The smallest absolute Gasteiger partial charge is 0.338 e. The molecule has 1 saturated heterocycles. The molecule has 0 amide bonds. The normalized spacial score (nSPS) is 22.5. The molecule has 0 bridgehead atoms. The molecule has 2 aliphatic heterocycles. The molecule has 2 aromatic rings. The summed E-state index contributed by atoms with van der Waals surface area (Å²) in [7, 11) is 0. The van der Waals surface area contributed by atoms with Gasteiger partial charge >= 0.3 is 5.97 Å². The van der Waals surface area contributed by atoms with Crippen molar-refractivity contribution in [2.75, 3.05) is 24.7 Å². The molecule has 0 radical (unpaired) electrons. The van der Waals surface area contributed by atoms with Crippen molar-refractivity contribution in [2.45, 2.75) is 18.6 Å². The van der Waals surface area contributed by atoms with Gasteiger partial charge in [0.25, 0.3) is 0 Å². The van der Waals surface area contributed by atoms with E-state index in [2.05, 4.69) is 26.9 Å². The van der Waals surface area contributed by atoms with Gasteiger partial charge in [0, 0.05) is 28.7 Å². The Balaban J connectivity index is 1.65.